The zero-order valence-corrected chi connectivity index (χ0v) is 16.3. The average molecular weight is 383 g/mol. The van der Waals surface area contributed by atoms with Gasteiger partial charge in [-0.15, -0.1) is 0 Å². The van der Waals surface area contributed by atoms with Crippen molar-refractivity contribution in [2.45, 2.75) is 20.4 Å². The van der Waals surface area contributed by atoms with E-state index in [0.717, 1.165) is 28.2 Å². The molecule has 0 saturated carbocycles. The molecule has 7 heteroatoms. The molecule has 0 amide bonds. The fraction of sp³-hybridized carbons (Fsp3) is 0.136. The summed E-state index contributed by atoms with van der Waals surface area (Å²) >= 11 is 0. The lowest BCUT2D eigenvalue weighted by atomic mass is 10.1. The van der Waals surface area contributed by atoms with E-state index in [1.165, 1.54) is 5.56 Å². The van der Waals surface area contributed by atoms with E-state index in [-0.39, 0.29) is 0 Å². The van der Waals surface area contributed by atoms with Crippen molar-refractivity contribution < 1.29 is 0 Å². The highest BCUT2D eigenvalue weighted by atomic mass is 15.3. The minimum absolute atomic E-state index is 0.471. The van der Waals surface area contributed by atoms with Gasteiger partial charge in [0, 0.05) is 41.1 Å². The van der Waals surface area contributed by atoms with Crippen LogP contribution in [0.5, 0.6) is 0 Å². The molecule has 3 heterocycles. The Kier molecular flexibility index (Phi) is 5.38. The van der Waals surface area contributed by atoms with Gasteiger partial charge in [0.1, 0.15) is 5.69 Å². The van der Waals surface area contributed by atoms with Gasteiger partial charge in [0.05, 0.1) is 12.8 Å². The number of benzene rings is 1. The monoisotopic (exact) mass is 383 g/mol. The Balaban J connectivity index is 1.61. The van der Waals surface area contributed by atoms with Gasteiger partial charge in [0.25, 0.3) is 0 Å². The van der Waals surface area contributed by atoms with Gasteiger partial charge in [-0.1, -0.05) is 30.3 Å². The van der Waals surface area contributed by atoms with E-state index < -0.39 is 0 Å². The van der Waals surface area contributed by atoms with Crippen molar-refractivity contribution >= 4 is 12.2 Å². The standard InChI is InChI=1S/C22H21N7/c1-16-11-17(2)26-22(25-16)27-24-13-20-15-29(14-18-7-4-3-5-8-18)28-21(20)19-9-6-10-23-12-19/h3-13,15H,14H2,1-2H3,(H,25,26,27)/b24-13+. The van der Waals surface area contributed by atoms with Crippen LogP contribution in [0.1, 0.15) is 22.5 Å². The fourth-order valence-corrected chi connectivity index (χ4v) is 3.05. The number of aryl methyl sites for hydroxylation is 2. The van der Waals surface area contributed by atoms with Gasteiger partial charge in [0.15, 0.2) is 0 Å². The Morgan fingerprint density at radius 1 is 1.03 bits per heavy atom. The van der Waals surface area contributed by atoms with Crippen LogP contribution in [0.25, 0.3) is 11.3 Å². The van der Waals surface area contributed by atoms with Gasteiger partial charge in [-0.05, 0) is 37.6 Å². The van der Waals surface area contributed by atoms with Crippen LogP contribution in [0.3, 0.4) is 0 Å². The van der Waals surface area contributed by atoms with Crippen LogP contribution in [0.15, 0.2) is 72.2 Å². The fourth-order valence-electron chi connectivity index (χ4n) is 3.05. The van der Waals surface area contributed by atoms with Crippen molar-refractivity contribution in [1.82, 2.24) is 24.7 Å². The molecule has 0 fully saturated rings. The summed E-state index contributed by atoms with van der Waals surface area (Å²) in [5.74, 6) is 0.471. The number of nitrogens with one attached hydrogen (secondary N) is 1. The van der Waals surface area contributed by atoms with Crippen molar-refractivity contribution in [2.75, 3.05) is 5.43 Å². The highest BCUT2D eigenvalue weighted by Crippen LogP contribution is 2.20. The van der Waals surface area contributed by atoms with Gasteiger partial charge in [-0.3, -0.25) is 9.67 Å². The lowest BCUT2D eigenvalue weighted by Gasteiger charge is -2.01. The van der Waals surface area contributed by atoms with Crippen LogP contribution >= 0.6 is 0 Å². The van der Waals surface area contributed by atoms with Crippen LogP contribution in [-0.4, -0.2) is 30.9 Å². The third-order valence-electron chi connectivity index (χ3n) is 4.26. The SMILES string of the molecule is Cc1cc(C)nc(N/N=C/c2cn(Cc3ccccc3)nc2-c2cccnc2)n1. The molecule has 1 aromatic carbocycles. The van der Waals surface area contributed by atoms with E-state index in [1.54, 1.807) is 18.6 Å². The van der Waals surface area contributed by atoms with Crippen LogP contribution in [-0.2, 0) is 6.54 Å². The summed E-state index contributed by atoms with van der Waals surface area (Å²) in [6.45, 7) is 4.53. The number of aromatic nitrogens is 5. The van der Waals surface area contributed by atoms with Crippen LogP contribution < -0.4 is 5.43 Å². The molecule has 0 bridgehead atoms. The van der Waals surface area contributed by atoms with E-state index in [0.29, 0.717) is 12.5 Å². The molecule has 0 spiro atoms. The summed E-state index contributed by atoms with van der Waals surface area (Å²) < 4.78 is 1.91. The molecular weight excluding hydrogens is 362 g/mol. The predicted molar refractivity (Wildman–Crippen MR) is 114 cm³/mol. The van der Waals surface area contributed by atoms with Crippen molar-refractivity contribution in [2.24, 2.45) is 5.10 Å². The zero-order chi connectivity index (χ0) is 20.1. The summed E-state index contributed by atoms with van der Waals surface area (Å²) in [6, 6.07) is 16.0. The third kappa shape index (κ3) is 4.70. The summed E-state index contributed by atoms with van der Waals surface area (Å²) in [4.78, 5) is 12.9. The number of hydrazone groups is 1. The number of rotatable bonds is 6. The first kappa shape index (κ1) is 18.5. The molecule has 4 rings (SSSR count). The predicted octanol–water partition coefficient (Wildman–Crippen LogP) is 3.85. The molecular formula is C22H21N7. The number of pyridine rings is 1. The summed E-state index contributed by atoms with van der Waals surface area (Å²) in [5.41, 5.74) is 8.50. The second kappa shape index (κ2) is 8.43. The Labute approximate surface area is 169 Å². The minimum atomic E-state index is 0.471. The first-order valence-corrected chi connectivity index (χ1v) is 9.30. The first-order valence-electron chi connectivity index (χ1n) is 9.30. The van der Waals surface area contributed by atoms with E-state index in [1.807, 2.05) is 61.1 Å². The van der Waals surface area contributed by atoms with Crippen molar-refractivity contribution in [3.63, 3.8) is 0 Å². The number of nitrogens with zero attached hydrogens (tertiary/aromatic N) is 6. The summed E-state index contributed by atoms with van der Waals surface area (Å²) in [7, 11) is 0. The first-order chi connectivity index (χ1) is 14.2. The molecule has 144 valence electrons. The van der Waals surface area contributed by atoms with Crippen LogP contribution in [0, 0.1) is 13.8 Å². The molecule has 0 unspecified atom stereocenters. The average Bonchev–Trinajstić information content (AvgIpc) is 3.11. The lowest BCUT2D eigenvalue weighted by Crippen LogP contribution is -2.00. The Bertz CT molecular complexity index is 1100. The van der Waals surface area contributed by atoms with E-state index in [4.69, 9.17) is 5.10 Å². The number of hydrogen-bond donors (Lipinski definition) is 1. The van der Waals surface area contributed by atoms with Gasteiger partial charge >= 0.3 is 0 Å². The molecule has 29 heavy (non-hydrogen) atoms. The molecule has 3 aromatic heterocycles. The molecule has 4 aromatic rings. The maximum absolute atomic E-state index is 4.76. The summed E-state index contributed by atoms with van der Waals surface area (Å²) in [6.07, 6.45) is 7.25. The molecule has 7 nitrogen and oxygen atoms in total. The second-order valence-electron chi connectivity index (χ2n) is 6.70. The van der Waals surface area contributed by atoms with Crippen molar-refractivity contribution in [3.8, 4) is 11.3 Å². The van der Waals surface area contributed by atoms with Gasteiger partial charge < -0.3 is 0 Å². The molecule has 0 saturated heterocycles. The maximum Gasteiger partial charge on any atom is 0.243 e. The lowest BCUT2D eigenvalue weighted by molar-refractivity contribution is 0.689. The Morgan fingerprint density at radius 3 is 2.55 bits per heavy atom. The highest BCUT2D eigenvalue weighted by molar-refractivity contribution is 5.88. The van der Waals surface area contributed by atoms with Crippen molar-refractivity contribution in [3.05, 3.63) is 89.6 Å². The molecule has 0 aliphatic rings. The maximum atomic E-state index is 4.76. The van der Waals surface area contributed by atoms with E-state index in [2.05, 4.69) is 37.6 Å². The van der Waals surface area contributed by atoms with Crippen LogP contribution in [0.2, 0.25) is 0 Å². The molecule has 0 aliphatic carbocycles. The summed E-state index contributed by atoms with van der Waals surface area (Å²) in [5, 5.41) is 9.08. The largest absolute Gasteiger partial charge is 0.267 e. The van der Waals surface area contributed by atoms with E-state index in [9.17, 15) is 0 Å². The second-order valence-corrected chi connectivity index (χ2v) is 6.70. The van der Waals surface area contributed by atoms with Gasteiger partial charge in [-0.2, -0.15) is 10.2 Å². The Morgan fingerprint density at radius 2 is 1.83 bits per heavy atom. The number of anilines is 1. The zero-order valence-electron chi connectivity index (χ0n) is 16.3. The topological polar surface area (TPSA) is 80.9 Å². The molecule has 0 atom stereocenters. The molecule has 1 N–H and O–H groups in total. The van der Waals surface area contributed by atoms with Crippen LogP contribution in [0.4, 0.5) is 5.95 Å². The normalized spacial score (nSPS) is 11.1. The van der Waals surface area contributed by atoms with Gasteiger partial charge in [0.2, 0.25) is 5.95 Å². The van der Waals surface area contributed by atoms with Gasteiger partial charge in [-0.25, -0.2) is 15.4 Å². The quantitative estimate of drug-likeness (QED) is 0.404. The third-order valence-corrected chi connectivity index (χ3v) is 4.26. The molecule has 0 radical (unpaired) electrons. The Hall–Kier alpha value is -3.87. The van der Waals surface area contributed by atoms with Crippen molar-refractivity contribution in [1.29, 1.82) is 0 Å². The smallest absolute Gasteiger partial charge is 0.243 e. The molecule has 0 aliphatic heterocycles. The highest BCUT2D eigenvalue weighted by Gasteiger charge is 2.10. The minimum Gasteiger partial charge on any atom is -0.267 e. The van der Waals surface area contributed by atoms with E-state index >= 15 is 0 Å². The number of hydrogen-bond acceptors (Lipinski definition) is 6.